The van der Waals surface area contributed by atoms with Crippen molar-refractivity contribution in [2.75, 3.05) is 25.1 Å². The molecule has 0 fully saturated rings. The minimum atomic E-state index is -0.812. The van der Waals surface area contributed by atoms with E-state index >= 15 is 0 Å². The van der Waals surface area contributed by atoms with Crippen molar-refractivity contribution >= 4 is 11.7 Å². The Morgan fingerprint density at radius 3 is 2.65 bits per heavy atom. The van der Waals surface area contributed by atoms with E-state index in [2.05, 4.69) is 5.32 Å². The lowest BCUT2D eigenvalue weighted by molar-refractivity contribution is -0.136. The van der Waals surface area contributed by atoms with Gasteiger partial charge in [-0.25, -0.2) is 0 Å². The van der Waals surface area contributed by atoms with E-state index in [0.717, 1.165) is 17.0 Å². The highest BCUT2D eigenvalue weighted by atomic mass is 16.6. The summed E-state index contributed by atoms with van der Waals surface area (Å²) in [6.07, 6.45) is 0.0912. The Balaban J connectivity index is 2.09. The number of aliphatic carboxylic acids is 1. The molecule has 0 aromatic heterocycles. The maximum atomic E-state index is 10.4. The lowest BCUT2D eigenvalue weighted by atomic mass is 10.1. The van der Waals surface area contributed by atoms with Gasteiger partial charge in [-0.3, -0.25) is 4.79 Å². The number of fused-ring (bicyclic) bond motifs is 1. The zero-order valence-electron chi connectivity index (χ0n) is 9.66. The summed E-state index contributed by atoms with van der Waals surface area (Å²) in [4.78, 5) is 10.4. The van der Waals surface area contributed by atoms with E-state index in [1.54, 1.807) is 0 Å². The molecular weight excluding hydrogens is 222 g/mol. The van der Waals surface area contributed by atoms with Crippen LogP contribution in [0.3, 0.4) is 0 Å². The highest BCUT2D eigenvalue weighted by Crippen LogP contribution is 2.35. The first kappa shape index (κ1) is 11.6. The molecular formula is C12H15NO4. The Morgan fingerprint density at radius 1 is 1.35 bits per heavy atom. The first-order valence-electron chi connectivity index (χ1n) is 5.53. The van der Waals surface area contributed by atoms with E-state index in [-0.39, 0.29) is 6.42 Å². The molecule has 0 radical (unpaired) electrons. The third-order valence-corrected chi connectivity index (χ3v) is 2.54. The molecule has 0 aliphatic carbocycles. The molecule has 17 heavy (non-hydrogen) atoms. The first-order chi connectivity index (χ1) is 8.16. The average molecular weight is 237 g/mol. The van der Waals surface area contributed by atoms with Crippen LogP contribution in [0.5, 0.6) is 11.5 Å². The normalized spacial score (nSPS) is 13.2. The standard InChI is InChI=1S/C12H15NO4/c1-8-6-10-11(17-5-4-16-10)7-9(8)13-3-2-12(14)15/h6-7,13H,2-5H2,1H3,(H,14,15). The number of anilines is 1. The topological polar surface area (TPSA) is 67.8 Å². The van der Waals surface area contributed by atoms with Crippen LogP contribution < -0.4 is 14.8 Å². The van der Waals surface area contributed by atoms with Gasteiger partial charge < -0.3 is 19.9 Å². The predicted octanol–water partition coefficient (Wildman–Crippen LogP) is 1.65. The fourth-order valence-corrected chi connectivity index (χ4v) is 1.68. The van der Waals surface area contributed by atoms with E-state index in [1.807, 2.05) is 19.1 Å². The number of nitrogens with one attached hydrogen (secondary N) is 1. The Kier molecular flexibility index (Phi) is 3.37. The van der Waals surface area contributed by atoms with Gasteiger partial charge in [-0.15, -0.1) is 0 Å². The lowest BCUT2D eigenvalue weighted by Gasteiger charge is -2.20. The summed E-state index contributed by atoms with van der Waals surface area (Å²) in [5.74, 6) is 0.643. The van der Waals surface area contributed by atoms with Gasteiger partial charge in [0.05, 0.1) is 6.42 Å². The van der Waals surface area contributed by atoms with Crippen LogP contribution in [0.1, 0.15) is 12.0 Å². The highest BCUT2D eigenvalue weighted by Gasteiger charge is 2.13. The fraction of sp³-hybridized carbons (Fsp3) is 0.417. The Morgan fingerprint density at radius 2 is 2.00 bits per heavy atom. The summed E-state index contributed by atoms with van der Waals surface area (Å²) in [5, 5.41) is 11.6. The highest BCUT2D eigenvalue weighted by molar-refractivity contribution is 5.68. The number of aryl methyl sites for hydroxylation is 1. The van der Waals surface area contributed by atoms with E-state index < -0.39 is 5.97 Å². The second kappa shape index (κ2) is 4.95. The molecule has 2 N–H and O–H groups in total. The van der Waals surface area contributed by atoms with Gasteiger partial charge in [-0.1, -0.05) is 0 Å². The molecule has 5 nitrogen and oxygen atoms in total. The van der Waals surface area contributed by atoms with Crippen molar-refractivity contribution in [2.24, 2.45) is 0 Å². The monoisotopic (exact) mass is 237 g/mol. The predicted molar refractivity (Wildman–Crippen MR) is 62.9 cm³/mol. The maximum Gasteiger partial charge on any atom is 0.305 e. The molecule has 0 atom stereocenters. The van der Waals surface area contributed by atoms with Gasteiger partial charge in [0.1, 0.15) is 13.2 Å². The van der Waals surface area contributed by atoms with Crippen LogP contribution in [0.15, 0.2) is 12.1 Å². The quantitative estimate of drug-likeness (QED) is 0.833. The van der Waals surface area contributed by atoms with E-state index in [1.165, 1.54) is 0 Å². The second-order valence-corrected chi connectivity index (χ2v) is 3.88. The molecule has 0 amide bonds. The summed E-state index contributed by atoms with van der Waals surface area (Å²) < 4.78 is 10.9. The minimum absolute atomic E-state index is 0.0912. The number of rotatable bonds is 4. The number of carboxylic acid groups (broad SMARTS) is 1. The van der Waals surface area contributed by atoms with Gasteiger partial charge in [0.15, 0.2) is 11.5 Å². The molecule has 2 rings (SSSR count). The zero-order valence-corrected chi connectivity index (χ0v) is 9.66. The summed E-state index contributed by atoms with van der Waals surface area (Å²) in [6, 6.07) is 3.75. The number of ether oxygens (including phenoxy) is 2. The molecule has 0 unspecified atom stereocenters. The minimum Gasteiger partial charge on any atom is -0.486 e. The van der Waals surface area contributed by atoms with Crippen LogP contribution in [0.25, 0.3) is 0 Å². The van der Waals surface area contributed by atoms with Gasteiger partial charge in [0.25, 0.3) is 0 Å². The molecule has 1 heterocycles. The van der Waals surface area contributed by atoms with Crippen molar-refractivity contribution in [1.82, 2.24) is 0 Å². The van der Waals surface area contributed by atoms with Gasteiger partial charge >= 0.3 is 5.97 Å². The Hall–Kier alpha value is -1.91. The van der Waals surface area contributed by atoms with Crippen LogP contribution in [-0.4, -0.2) is 30.8 Å². The van der Waals surface area contributed by atoms with Gasteiger partial charge in [0.2, 0.25) is 0 Å². The summed E-state index contributed by atoms with van der Waals surface area (Å²) in [7, 11) is 0. The van der Waals surface area contributed by atoms with Gasteiger partial charge in [-0.2, -0.15) is 0 Å². The van der Waals surface area contributed by atoms with Crippen molar-refractivity contribution in [1.29, 1.82) is 0 Å². The van der Waals surface area contributed by atoms with Crippen LogP contribution >= 0.6 is 0 Å². The van der Waals surface area contributed by atoms with Gasteiger partial charge in [0, 0.05) is 18.3 Å². The Bertz CT molecular complexity index is 431. The van der Waals surface area contributed by atoms with Crippen molar-refractivity contribution in [3.05, 3.63) is 17.7 Å². The molecule has 1 aliphatic rings. The van der Waals surface area contributed by atoms with E-state index in [4.69, 9.17) is 14.6 Å². The number of benzene rings is 1. The third kappa shape index (κ3) is 2.81. The molecule has 92 valence electrons. The first-order valence-corrected chi connectivity index (χ1v) is 5.53. The number of carboxylic acids is 1. The van der Waals surface area contributed by atoms with Crippen molar-refractivity contribution < 1.29 is 19.4 Å². The molecule has 0 bridgehead atoms. The summed E-state index contributed by atoms with van der Waals surface area (Å²) >= 11 is 0. The molecule has 0 spiro atoms. The maximum absolute atomic E-state index is 10.4. The molecule has 0 saturated carbocycles. The van der Waals surface area contributed by atoms with Gasteiger partial charge in [-0.05, 0) is 18.6 Å². The van der Waals surface area contributed by atoms with Crippen LogP contribution in [-0.2, 0) is 4.79 Å². The van der Waals surface area contributed by atoms with Crippen LogP contribution in [0, 0.1) is 6.92 Å². The molecule has 1 aromatic rings. The van der Waals surface area contributed by atoms with Crippen molar-refractivity contribution in [2.45, 2.75) is 13.3 Å². The summed E-state index contributed by atoms with van der Waals surface area (Å²) in [6.45, 7) is 3.46. The lowest BCUT2D eigenvalue weighted by Crippen LogP contribution is -2.16. The van der Waals surface area contributed by atoms with Crippen molar-refractivity contribution in [3.63, 3.8) is 0 Å². The van der Waals surface area contributed by atoms with Crippen LogP contribution in [0.2, 0.25) is 0 Å². The molecule has 1 aromatic carbocycles. The SMILES string of the molecule is Cc1cc2c(cc1NCCC(=O)O)OCCO2. The fourth-order valence-electron chi connectivity index (χ4n) is 1.68. The Labute approximate surface area is 99.3 Å². The van der Waals surface area contributed by atoms with E-state index in [0.29, 0.717) is 25.5 Å². The number of carbonyl (C=O) groups is 1. The van der Waals surface area contributed by atoms with Crippen molar-refractivity contribution in [3.8, 4) is 11.5 Å². The smallest absolute Gasteiger partial charge is 0.305 e. The largest absolute Gasteiger partial charge is 0.486 e. The molecule has 1 aliphatic heterocycles. The zero-order chi connectivity index (χ0) is 12.3. The van der Waals surface area contributed by atoms with E-state index in [9.17, 15) is 4.79 Å². The number of hydrogen-bond donors (Lipinski definition) is 2. The molecule has 0 saturated heterocycles. The van der Waals surface area contributed by atoms with Crippen LogP contribution in [0.4, 0.5) is 5.69 Å². The summed E-state index contributed by atoms with van der Waals surface area (Å²) in [5.41, 5.74) is 1.90. The molecule has 5 heteroatoms. The third-order valence-electron chi connectivity index (χ3n) is 2.54. The average Bonchev–Trinajstić information content (AvgIpc) is 2.29. The number of hydrogen-bond acceptors (Lipinski definition) is 4. The second-order valence-electron chi connectivity index (χ2n) is 3.88.